The highest BCUT2D eigenvalue weighted by Crippen LogP contribution is 2.23. The van der Waals surface area contributed by atoms with E-state index in [1.54, 1.807) is 0 Å². The van der Waals surface area contributed by atoms with E-state index in [1.165, 1.54) is 148 Å². The molecular formula is C29H58N2. The van der Waals surface area contributed by atoms with Crippen molar-refractivity contribution >= 4 is 0 Å². The summed E-state index contributed by atoms with van der Waals surface area (Å²) in [7, 11) is 0. The minimum absolute atomic E-state index is 0.644. The molecule has 0 amide bonds. The van der Waals surface area contributed by atoms with Gasteiger partial charge in [-0.05, 0) is 25.7 Å². The topological polar surface area (TPSA) is 6.48 Å². The summed E-state index contributed by atoms with van der Waals surface area (Å²) in [5.74, 6) is 0. The lowest BCUT2D eigenvalue weighted by molar-refractivity contribution is 0.136. The largest absolute Gasteiger partial charge is 0.356 e. The summed E-state index contributed by atoms with van der Waals surface area (Å²) >= 11 is 0. The third-order valence-corrected chi connectivity index (χ3v) is 7.07. The molecule has 0 aliphatic carbocycles. The number of hydrogen-bond acceptors (Lipinski definition) is 2. The van der Waals surface area contributed by atoms with Crippen molar-refractivity contribution in [1.82, 2.24) is 9.80 Å². The van der Waals surface area contributed by atoms with Gasteiger partial charge in [0, 0.05) is 25.5 Å². The molecule has 0 spiro atoms. The smallest absolute Gasteiger partial charge is 0.101 e. The molecule has 0 aromatic carbocycles. The summed E-state index contributed by atoms with van der Waals surface area (Å²) in [6.45, 7) is 9.42. The summed E-state index contributed by atoms with van der Waals surface area (Å²) in [6, 6.07) is 0. The molecule has 0 aromatic rings. The Morgan fingerprint density at radius 2 is 0.774 bits per heavy atom. The van der Waals surface area contributed by atoms with E-state index in [9.17, 15) is 0 Å². The molecule has 0 radical (unpaired) electrons. The third kappa shape index (κ3) is 14.9. The zero-order valence-electron chi connectivity index (χ0n) is 21.9. The molecule has 1 unspecified atom stereocenters. The fourth-order valence-corrected chi connectivity index (χ4v) is 4.92. The molecule has 1 rings (SSSR count). The molecule has 1 heterocycles. The Balaban J connectivity index is 2.07. The van der Waals surface area contributed by atoms with Crippen molar-refractivity contribution in [2.75, 3.05) is 13.1 Å². The number of hydrogen-bond donors (Lipinski definition) is 0. The van der Waals surface area contributed by atoms with Gasteiger partial charge in [0.2, 0.25) is 0 Å². The van der Waals surface area contributed by atoms with Crippen LogP contribution in [0.5, 0.6) is 0 Å². The Hall–Kier alpha value is -0.660. The summed E-state index contributed by atoms with van der Waals surface area (Å²) in [5.41, 5.74) is 0. The molecule has 184 valence electrons. The maximum Gasteiger partial charge on any atom is 0.101 e. The van der Waals surface area contributed by atoms with Crippen molar-refractivity contribution in [2.24, 2.45) is 0 Å². The number of unbranched alkanes of at least 4 members (excludes halogenated alkanes) is 17. The molecule has 1 aliphatic rings. The first-order valence-corrected chi connectivity index (χ1v) is 14.5. The SMILES string of the molecule is CCCCCCCCCCCCCCCN1C=CN(CCCC)C1CCCCCCC. The highest BCUT2D eigenvalue weighted by Gasteiger charge is 2.24. The maximum absolute atomic E-state index is 2.66. The molecule has 1 atom stereocenters. The minimum Gasteiger partial charge on any atom is -0.356 e. The fourth-order valence-electron chi connectivity index (χ4n) is 4.92. The average molecular weight is 435 g/mol. The zero-order chi connectivity index (χ0) is 22.4. The van der Waals surface area contributed by atoms with Crippen molar-refractivity contribution < 1.29 is 0 Å². The first kappa shape index (κ1) is 28.4. The summed E-state index contributed by atoms with van der Waals surface area (Å²) in [4.78, 5) is 5.29. The van der Waals surface area contributed by atoms with Gasteiger partial charge < -0.3 is 9.80 Å². The zero-order valence-corrected chi connectivity index (χ0v) is 21.9. The van der Waals surface area contributed by atoms with Crippen LogP contribution in [0.3, 0.4) is 0 Å². The van der Waals surface area contributed by atoms with Crippen LogP contribution < -0.4 is 0 Å². The van der Waals surface area contributed by atoms with Crippen LogP contribution in [0.4, 0.5) is 0 Å². The van der Waals surface area contributed by atoms with E-state index in [0.717, 1.165) is 0 Å². The Labute approximate surface area is 197 Å². The van der Waals surface area contributed by atoms with Gasteiger partial charge in [0.05, 0.1) is 0 Å². The molecule has 0 bridgehead atoms. The second-order valence-electron chi connectivity index (χ2n) is 10.1. The van der Waals surface area contributed by atoms with E-state index in [-0.39, 0.29) is 0 Å². The van der Waals surface area contributed by atoms with Gasteiger partial charge in [0.25, 0.3) is 0 Å². The van der Waals surface area contributed by atoms with Crippen molar-refractivity contribution in [2.45, 2.75) is 162 Å². The molecule has 0 saturated carbocycles. The predicted molar refractivity (Wildman–Crippen MR) is 140 cm³/mol. The van der Waals surface area contributed by atoms with Crippen LogP contribution in [0, 0.1) is 0 Å². The first-order chi connectivity index (χ1) is 15.3. The molecule has 2 nitrogen and oxygen atoms in total. The fraction of sp³-hybridized carbons (Fsp3) is 0.931. The summed E-state index contributed by atoms with van der Waals surface area (Å²) in [5, 5.41) is 0. The molecule has 31 heavy (non-hydrogen) atoms. The molecule has 0 aromatic heterocycles. The monoisotopic (exact) mass is 434 g/mol. The Kier molecular flexibility index (Phi) is 19.4. The van der Waals surface area contributed by atoms with Gasteiger partial charge in [0.1, 0.15) is 6.17 Å². The summed E-state index contributed by atoms with van der Waals surface area (Å²) in [6.07, 6.45) is 35.1. The van der Waals surface area contributed by atoms with Gasteiger partial charge in [-0.25, -0.2) is 0 Å². The van der Waals surface area contributed by atoms with E-state index < -0.39 is 0 Å². The average Bonchev–Trinajstić information content (AvgIpc) is 3.16. The molecular weight excluding hydrogens is 376 g/mol. The molecule has 0 saturated heterocycles. The van der Waals surface area contributed by atoms with Gasteiger partial charge in [-0.3, -0.25) is 0 Å². The maximum atomic E-state index is 2.66. The van der Waals surface area contributed by atoms with Gasteiger partial charge in [0.15, 0.2) is 0 Å². The lowest BCUT2D eigenvalue weighted by Crippen LogP contribution is -2.39. The van der Waals surface area contributed by atoms with Crippen molar-refractivity contribution in [1.29, 1.82) is 0 Å². The van der Waals surface area contributed by atoms with Crippen LogP contribution in [0.15, 0.2) is 12.4 Å². The quantitative estimate of drug-likeness (QED) is 0.148. The van der Waals surface area contributed by atoms with Gasteiger partial charge in [-0.15, -0.1) is 0 Å². The second-order valence-corrected chi connectivity index (χ2v) is 10.1. The Bertz CT molecular complexity index is 392. The number of rotatable bonds is 23. The van der Waals surface area contributed by atoms with Gasteiger partial charge >= 0.3 is 0 Å². The van der Waals surface area contributed by atoms with Crippen molar-refractivity contribution in [3.05, 3.63) is 12.4 Å². The predicted octanol–water partition coefficient (Wildman–Crippen LogP) is 9.65. The minimum atomic E-state index is 0.644. The van der Waals surface area contributed by atoms with Crippen LogP contribution >= 0.6 is 0 Å². The molecule has 0 N–H and O–H groups in total. The van der Waals surface area contributed by atoms with E-state index >= 15 is 0 Å². The van der Waals surface area contributed by atoms with Crippen LogP contribution in [0.25, 0.3) is 0 Å². The normalized spacial score (nSPS) is 16.0. The van der Waals surface area contributed by atoms with Crippen LogP contribution in [-0.4, -0.2) is 29.1 Å². The molecule has 1 aliphatic heterocycles. The van der Waals surface area contributed by atoms with E-state index in [4.69, 9.17) is 0 Å². The Morgan fingerprint density at radius 1 is 0.419 bits per heavy atom. The standard InChI is InChI=1S/C29H58N2/c1-4-7-10-12-13-14-15-16-17-18-19-21-23-26-31-28-27-30(25-9-6-3)29(31)24-22-20-11-8-5-2/h27-29H,4-26H2,1-3H3. The van der Waals surface area contributed by atoms with Crippen LogP contribution in [0.1, 0.15) is 156 Å². The van der Waals surface area contributed by atoms with Crippen molar-refractivity contribution in [3.8, 4) is 0 Å². The number of nitrogens with zero attached hydrogens (tertiary/aromatic N) is 2. The van der Waals surface area contributed by atoms with Crippen LogP contribution in [-0.2, 0) is 0 Å². The third-order valence-electron chi connectivity index (χ3n) is 7.07. The second kappa shape index (κ2) is 21.2. The summed E-state index contributed by atoms with van der Waals surface area (Å²) < 4.78 is 0. The first-order valence-electron chi connectivity index (χ1n) is 14.5. The van der Waals surface area contributed by atoms with Gasteiger partial charge in [-0.1, -0.05) is 130 Å². The Morgan fingerprint density at radius 3 is 1.23 bits per heavy atom. The lowest BCUT2D eigenvalue weighted by Gasteiger charge is -2.33. The molecule has 2 heteroatoms. The lowest BCUT2D eigenvalue weighted by atomic mass is 10.0. The van der Waals surface area contributed by atoms with Crippen molar-refractivity contribution in [3.63, 3.8) is 0 Å². The van der Waals surface area contributed by atoms with Crippen LogP contribution in [0.2, 0.25) is 0 Å². The highest BCUT2D eigenvalue weighted by molar-refractivity contribution is 4.96. The molecule has 0 fully saturated rings. The van der Waals surface area contributed by atoms with E-state index in [1.807, 2.05) is 0 Å². The van der Waals surface area contributed by atoms with E-state index in [2.05, 4.69) is 43.0 Å². The van der Waals surface area contributed by atoms with Gasteiger partial charge in [-0.2, -0.15) is 0 Å². The highest BCUT2D eigenvalue weighted by atomic mass is 15.4. The van der Waals surface area contributed by atoms with E-state index in [0.29, 0.717) is 6.17 Å².